The second-order valence-corrected chi connectivity index (χ2v) is 4.46. The quantitative estimate of drug-likeness (QED) is 0.552. The molecule has 1 fully saturated rings. The van der Waals surface area contributed by atoms with E-state index in [0.29, 0.717) is 0 Å². The maximum absolute atomic E-state index is 2.40. The molecule has 0 spiro atoms. The van der Waals surface area contributed by atoms with E-state index in [-0.39, 0.29) is 0 Å². The van der Waals surface area contributed by atoms with Crippen molar-refractivity contribution in [3.8, 4) is 0 Å². The van der Waals surface area contributed by atoms with Crippen LogP contribution in [0, 0.1) is 23.7 Å². The van der Waals surface area contributed by atoms with Gasteiger partial charge in [-0.25, -0.2) is 0 Å². The van der Waals surface area contributed by atoms with Crippen LogP contribution < -0.4 is 0 Å². The van der Waals surface area contributed by atoms with Crippen LogP contribution in [0.4, 0.5) is 0 Å². The van der Waals surface area contributed by atoms with Gasteiger partial charge in [0, 0.05) is 0 Å². The first-order valence-corrected chi connectivity index (χ1v) is 4.61. The summed E-state index contributed by atoms with van der Waals surface area (Å²) in [6.07, 6.45) is 2.94. The molecule has 60 valence electrons. The summed E-state index contributed by atoms with van der Waals surface area (Å²) in [7, 11) is 0. The molecule has 1 aliphatic rings. The van der Waals surface area contributed by atoms with E-state index in [1.807, 2.05) is 0 Å². The first kappa shape index (κ1) is 8.10. The zero-order valence-electron chi connectivity index (χ0n) is 7.72. The molecule has 0 radical (unpaired) electrons. The molecule has 0 heteroatoms. The summed E-state index contributed by atoms with van der Waals surface area (Å²) >= 11 is 0. The van der Waals surface area contributed by atoms with Crippen molar-refractivity contribution in [1.82, 2.24) is 0 Å². The van der Waals surface area contributed by atoms with Gasteiger partial charge < -0.3 is 0 Å². The molecule has 0 aromatic carbocycles. The summed E-state index contributed by atoms with van der Waals surface area (Å²) < 4.78 is 0. The zero-order valence-corrected chi connectivity index (χ0v) is 7.72. The normalized spacial score (nSPS) is 39.9. The van der Waals surface area contributed by atoms with Crippen molar-refractivity contribution in [2.75, 3.05) is 0 Å². The molecule has 1 saturated carbocycles. The molecule has 3 unspecified atom stereocenters. The largest absolute Gasteiger partial charge is 0.0628 e. The average Bonchev–Trinajstić information content (AvgIpc) is 1.86. The van der Waals surface area contributed by atoms with Gasteiger partial charge in [-0.1, -0.05) is 27.7 Å². The van der Waals surface area contributed by atoms with Crippen molar-refractivity contribution in [2.24, 2.45) is 23.7 Å². The molecule has 10 heavy (non-hydrogen) atoms. The molecule has 0 saturated heterocycles. The fourth-order valence-electron chi connectivity index (χ4n) is 2.09. The minimum absolute atomic E-state index is 0.903. The first-order chi connectivity index (χ1) is 4.61. The predicted octanol–water partition coefficient (Wildman–Crippen LogP) is 3.32. The molecule has 0 N–H and O–H groups in total. The second kappa shape index (κ2) is 2.94. The molecule has 1 rings (SSSR count). The Labute approximate surface area is 65.0 Å². The van der Waals surface area contributed by atoms with E-state index in [0.717, 1.165) is 23.7 Å². The van der Waals surface area contributed by atoms with Gasteiger partial charge in [0.05, 0.1) is 0 Å². The molecule has 0 heterocycles. The van der Waals surface area contributed by atoms with Gasteiger partial charge in [-0.3, -0.25) is 0 Å². The lowest BCUT2D eigenvalue weighted by atomic mass is 9.64. The Kier molecular flexibility index (Phi) is 2.38. The van der Waals surface area contributed by atoms with Gasteiger partial charge in [0.25, 0.3) is 0 Å². The number of hydrogen-bond donors (Lipinski definition) is 0. The van der Waals surface area contributed by atoms with E-state index in [9.17, 15) is 0 Å². The summed E-state index contributed by atoms with van der Waals surface area (Å²) in [5.74, 6) is 3.96. The Hall–Kier alpha value is 0. The van der Waals surface area contributed by atoms with Gasteiger partial charge in [0.2, 0.25) is 0 Å². The Morgan fingerprint density at radius 3 is 2.20 bits per heavy atom. The van der Waals surface area contributed by atoms with Crippen LogP contribution in [-0.2, 0) is 0 Å². The lowest BCUT2D eigenvalue weighted by Crippen LogP contribution is -2.33. The van der Waals surface area contributed by atoms with Gasteiger partial charge in [0.15, 0.2) is 0 Å². The van der Waals surface area contributed by atoms with Crippen molar-refractivity contribution < 1.29 is 0 Å². The standard InChI is InChI=1S/C10H20/c1-7(2)5-10-6-8(3)9(10)4/h7-10H,5-6H2,1-4H3. The van der Waals surface area contributed by atoms with Crippen LogP contribution in [0.2, 0.25) is 0 Å². The molecule has 0 aromatic rings. The molecule has 0 bridgehead atoms. The Morgan fingerprint density at radius 1 is 1.30 bits per heavy atom. The number of rotatable bonds is 2. The summed E-state index contributed by atoms with van der Waals surface area (Å²) in [6, 6.07) is 0. The Balaban J connectivity index is 2.20. The third-order valence-electron chi connectivity index (χ3n) is 3.09. The van der Waals surface area contributed by atoms with Crippen molar-refractivity contribution in [2.45, 2.75) is 40.5 Å². The SMILES string of the molecule is CC(C)CC1CC(C)C1C. The summed E-state index contributed by atoms with van der Waals surface area (Å²) in [5.41, 5.74) is 0. The molecule has 0 aromatic heterocycles. The monoisotopic (exact) mass is 140 g/mol. The molecule has 0 amide bonds. The molecular weight excluding hydrogens is 120 g/mol. The zero-order chi connectivity index (χ0) is 7.72. The van der Waals surface area contributed by atoms with Crippen molar-refractivity contribution in [3.05, 3.63) is 0 Å². The smallest absolute Gasteiger partial charge is 0.0381 e. The van der Waals surface area contributed by atoms with Crippen molar-refractivity contribution >= 4 is 0 Å². The van der Waals surface area contributed by atoms with E-state index in [4.69, 9.17) is 0 Å². The first-order valence-electron chi connectivity index (χ1n) is 4.61. The van der Waals surface area contributed by atoms with Crippen molar-refractivity contribution in [3.63, 3.8) is 0 Å². The third kappa shape index (κ3) is 1.53. The van der Waals surface area contributed by atoms with Gasteiger partial charge >= 0.3 is 0 Å². The van der Waals surface area contributed by atoms with E-state index < -0.39 is 0 Å². The van der Waals surface area contributed by atoms with Crippen LogP contribution in [0.25, 0.3) is 0 Å². The van der Waals surface area contributed by atoms with Gasteiger partial charge in [0.1, 0.15) is 0 Å². The van der Waals surface area contributed by atoms with Gasteiger partial charge in [-0.15, -0.1) is 0 Å². The topological polar surface area (TPSA) is 0 Å². The lowest BCUT2D eigenvalue weighted by Gasteiger charge is -2.41. The highest BCUT2D eigenvalue weighted by Crippen LogP contribution is 2.42. The maximum atomic E-state index is 2.40. The second-order valence-electron chi connectivity index (χ2n) is 4.46. The van der Waals surface area contributed by atoms with Gasteiger partial charge in [-0.2, -0.15) is 0 Å². The third-order valence-corrected chi connectivity index (χ3v) is 3.09. The Bertz CT molecular complexity index is 105. The lowest BCUT2D eigenvalue weighted by molar-refractivity contribution is 0.0834. The Morgan fingerprint density at radius 2 is 1.90 bits per heavy atom. The molecular formula is C10H20. The molecule has 0 aliphatic heterocycles. The summed E-state index contributed by atoms with van der Waals surface area (Å²) in [4.78, 5) is 0. The molecule has 1 aliphatic carbocycles. The minimum Gasteiger partial charge on any atom is -0.0628 e. The van der Waals surface area contributed by atoms with E-state index in [2.05, 4.69) is 27.7 Å². The van der Waals surface area contributed by atoms with E-state index in [1.54, 1.807) is 0 Å². The van der Waals surface area contributed by atoms with Crippen LogP contribution in [0.3, 0.4) is 0 Å². The molecule has 3 atom stereocenters. The van der Waals surface area contributed by atoms with Crippen LogP contribution >= 0.6 is 0 Å². The fourth-order valence-corrected chi connectivity index (χ4v) is 2.09. The fraction of sp³-hybridized carbons (Fsp3) is 1.00. The maximum Gasteiger partial charge on any atom is -0.0381 e. The summed E-state index contributed by atoms with van der Waals surface area (Å²) in [5, 5.41) is 0. The minimum atomic E-state index is 0.903. The summed E-state index contributed by atoms with van der Waals surface area (Å²) in [6.45, 7) is 9.44. The highest BCUT2D eigenvalue weighted by molar-refractivity contribution is 4.83. The van der Waals surface area contributed by atoms with Crippen LogP contribution in [-0.4, -0.2) is 0 Å². The highest BCUT2D eigenvalue weighted by Gasteiger charge is 2.33. The van der Waals surface area contributed by atoms with Crippen LogP contribution in [0.5, 0.6) is 0 Å². The van der Waals surface area contributed by atoms with Crippen LogP contribution in [0.1, 0.15) is 40.5 Å². The predicted molar refractivity (Wildman–Crippen MR) is 45.9 cm³/mol. The van der Waals surface area contributed by atoms with Gasteiger partial charge in [-0.05, 0) is 36.5 Å². The van der Waals surface area contributed by atoms with Crippen molar-refractivity contribution in [1.29, 1.82) is 0 Å². The van der Waals surface area contributed by atoms with E-state index in [1.165, 1.54) is 12.8 Å². The highest BCUT2D eigenvalue weighted by atomic mass is 14.4. The number of hydrogen-bond acceptors (Lipinski definition) is 0. The van der Waals surface area contributed by atoms with Crippen LogP contribution in [0.15, 0.2) is 0 Å². The molecule has 0 nitrogen and oxygen atoms in total. The average molecular weight is 140 g/mol. The van der Waals surface area contributed by atoms with E-state index >= 15 is 0 Å².